The molecule has 0 amide bonds. The second-order valence-electron chi connectivity index (χ2n) is 7.45. The molecular formula is C19H21F3N4O. The molecule has 0 N–H and O–H groups in total. The zero-order valence-electron chi connectivity index (χ0n) is 15.1. The highest BCUT2D eigenvalue weighted by atomic mass is 19.4. The van der Waals surface area contributed by atoms with E-state index in [4.69, 9.17) is 0 Å². The molecule has 2 aromatic heterocycles. The Labute approximate surface area is 154 Å². The molecule has 0 atom stereocenters. The molecule has 5 nitrogen and oxygen atoms in total. The third kappa shape index (κ3) is 3.90. The molecule has 3 heterocycles. The van der Waals surface area contributed by atoms with Crippen molar-refractivity contribution in [3.05, 3.63) is 57.0 Å². The lowest BCUT2D eigenvalue weighted by molar-refractivity contribution is -0.141. The Morgan fingerprint density at radius 1 is 1.26 bits per heavy atom. The van der Waals surface area contributed by atoms with Gasteiger partial charge in [-0.3, -0.25) is 19.2 Å². The molecule has 0 bridgehead atoms. The largest absolute Gasteiger partial charge is 0.433 e. The number of aromatic nitrogens is 3. The molecule has 4 rings (SSSR count). The van der Waals surface area contributed by atoms with Crippen molar-refractivity contribution in [3.63, 3.8) is 0 Å². The van der Waals surface area contributed by atoms with Crippen LogP contribution >= 0.6 is 0 Å². The molecule has 8 heteroatoms. The second-order valence-corrected chi connectivity index (χ2v) is 7.45. The summed E-state index contributed by atoms with van der Waals surface area (Å²) in [6, 6.07) is 2.31. The van der Waals surface area contributed by atoms with E-state index in [-0.39, 0.29) is 12.1 Å². The van der Waals surface area contributed by atoms with Crippen molar-refractivity contribution in [1.82, 2.24) is 19.4 Å². The number of fused-ring (bicyclic) bond motifs is 1. The summed E-state index contributed by atoms with van der Waals surface area (Å²) < 4.78 is 39.5. The normalized spacial score (nSPS) is 17.8. The minimum absolute atomic E-state index is 0.0992. The molecule has 144 valence electrons. The summed E-state index contributed by atoms with van der Waals surface area (Å²) in [6.07, 6.45) is -0.000645. The first-order chi connectivity index (χ1) is 12.8. The maximum Gasteiger partial charge on any atom is 0.433 e. The van der Waals surface area contributed by atoms with Gasteiger partial charge in [0.1, 0.15) is 11.5 Å². The summed E-state index contributed by atoms with van der Waals surface area (Å²) in [5.74, 6) is 1.33. The van der Waals surface area contributed by atoms with Crippen molar-refractivity contribution in [2.75, 3.05) is 13.1 Å². The maximum absolute atomic E-state index is 13.0. The molecule has 0 unspecified atom stereocenters. The van der Waals surface area contributed by atoms with Crippen LogP contribution in [-0.4, -0.2) is 32.5 Å². The van der Waals surface area contributed by atoms with Gasteiger partial charge in [0.2, 0.25) is 0 Å². The van der Waals surface area contributed by atoms with Gasteiger partial charge in [0.25, 0.3) is 5.56 Å². The van der Waals surface area contributed by atoms with Gasteiger partial charge >= 0.3 is 6.18 Å². The Bertz CT molecular complexity index is 901. The first-order valence-corrected chi connectivity index (χ1v) is 9.15. The second kappa shape index (κ2) is 6.74. The Hall–Kier alpha value is -2.22. The first-order valence-electron chi connectivity index (χ1n) is 9.15. The van der Waals surface area contributed by atoms with E-state index in [1.54, 1.807) is 6.92 Å². The van der Waals surface area contributed by atoms with Gasteiger partial charge in [-0.2, -0.15) is 13.2 Å². The zero-order chi connectivity index (χ0) is 19.2. The number of nitrogens with zero attached hydrogens (tertiary/aromatic N) is 4. The average molecular weight is 378 g/mol. The summed E-state index contributed by atoms with van der Waals surface area (Å²) in [5, 5.41) is 0. The molecule has 0 saturated heterocycles. The lowest BCUT2D eigenvalue weighted by Crippen LogP contribution is -2.39. The average Bonchev–Trinajstić information content (AvgIpc) is 3.43. The predicted molar refractivity (Wildman–Crippen MR) is 93.3 cm³/mol. The van der Waals surface area contributed by atoms with Crippen LogP contribution in [0.15, 0.2) is 23.1 Å². The van der Waals surface area contributed by atoms with Crippen molar-refractivity contribution in [2.24, 2.45) is 5.92 Å². The van der Waals surface area contributed by atoms with E-state index in [2.05, 4.69) is 14.9 Å². The fourth-order valence-corrected chi connectivity index (χ4v) is 3.56. The number of rotatable bonds is 4. The highest BCUT2D eigenvalue weighted by molar-refractivity contribution is 5.23. The van der Waals surface area contributed by atoms with Gasteiger partial charge < -0.3 is 0 Å². The highest BCUT2D eigenvalue weighted by Crippen LogP contribution is 2.31. The topological polar surface area (TPSA) is 51.0 Å². The monoisotopic (exact) mass is 378 g/mol. The first kappa shape index (κ1) is 18.2. The molecule has 1 fully saturated rings. The van der Waals surface area contributed by atoms with E-state index in [1.165, 1.54) is 29.7 Å². The smallest absolute Gasteiger partial charge is 0.298 e. The fourth-order valence-electron chi connectivity index (χ4n) is 3.56. The molecule has 27 heavy (non-hydrogen) atoms. The van der Waals surface area contributed by atoms with Crippen LogP contribution in [0.4, 0.5) is 13.2 Å². The summed E-state index contributed by atoms with van der Waals surface area (Å²) in [6.45, 7) is 4.47. The van der Waals surface area contributed by atoms with Gasteiger partial charge in [0, 0.05) is 32.3 Å². The molecule has 1 aliphatic carbocycles. The Morgan fingerprint density at radius 3 is 2.67 bits per heavy atom. The van der Waals surface area contributed by atoms with Crippen LogP contribution < -0.4 is 5.56 Å². The molecule has 2 aliphatic rings. The third-order valence-electron chi connectivity index (χ3n) is 5.25. The van der Waals surface area contributed by atoms with Gasteiger partial charge in [0.15, 0.2) is 0 Å². The lowest BCUT2D eigenvalue weighted by Gasteiger charge is -2.28. The van der Waals surface area contributed by atoms with Crippen molar-refractivity contribution in [3.8, 4) is 0 Å². The summed E-state index contributed by atoms with van der Waals surface area (Å²) >= 11 is 0. The van der Waals surface area contributed by atoms with Crippen molar-refractivity contribution < 1.29 is 13.2 Å². The van der Waals surface area contributed by atoms with Gasteiger partial charge in [0.05, 0.1) is 17.8 Å². The van der Waals surface area contributed by atoms with Gasteiger partial charge in [-0.25, -0.2) is 4.98 Å². The van der Waals surface area contributed by atoms with Crippen LogP contribution in [0.25, 0.3) is 0 Å². The molecule has 0 aromatic carbocycles. The number of hydrogen-bond acceptors (Lipinski definition) is 4. The third-order valence-corrected chi connectivity index (χ3v) is 5.25. The van der Waals surface area contributed by atoms with E-state index >= 15 is 0 Å². The number of pyridine rings is 1. The SMILES string of the molecule is Cc1nc2c(c(=O)n1Cc1ccc(C(F)(F)F)nc1)CN(CC1CC1)CC2. The number of halogens is 3. The molecule has 1 aliphatic heterocycles. The highest BCUT2D eigenvalue weighted by Gasteiger charge is 2.32. The Kier molecular flexibility index (Phi) is 4.53. The molecule has 0 spiro atoms. The zero-order valence-corrected chi connectivity index (χ0v) is 15.1. The van der Waals surface area contributed by atoms with E-state index in [0.717, 1.165) is 37.2 Å². The van der Waals surface area contributed by atoms with Gasteiger partial charge in [-0.15, -0.1) is 0 Å². The van der Waals surface area contributed by atoms with Crippen LogP contribution in [0, 0.1) is 12.8 Å². The van der Waals surface area contributed by atoms with Crippen LogP contribution in [0.5, 0.6) is 0 Å². The number of alkyl halides is 3. The predicted octanol–water partition coefficient (Wildman–Crippen LogP) is 2.78. The lowest BCUT2D eigenvalue weighted by atomic mass is 10.1. The van der Waals surface area contributed by atoms with E-state index in [9.17, 15) is 18.0 Å². The van der Waals surface area contributed by atoms with Crippen LogP contribution in [-0.2, 0) is 25.7 Å². The standard InChI is InChI=1S/C19H21F3N4O/c1-12-24-16-6-7-25(9-13-2-3-13)11-15(16)18(27)26(12)10-14-4-5-17(23-8-14)19(20,21)22/h4-5,8,13H,2-3,6-7,9-11H2,1H3. The minimum atomic E-state index is -4.47. The minimum Gasteiger partial charge on any atom is -0.298 e. The van der Waals surface area contributed by atoms with E-state index < -0.39 is 11.9 Å². The molecular weight excluding hydrogens is 357 g/mol. The van der Waals surface area contributed by atoms with Crippen LogP contribution in [0.2, 0.25) is 0 Å². The maximum atomic E-state index is 13.0. The number of hydrogen-bond donors (Lipinski definition) is 0. The summed E-state index contributed by atoms with van der Waals surface area (Å²) in [4.78, 5) is 23.4. The van der Waals surface area contributed by atoms with Crippen LogP contribution in [0.1, 0.15) is 41.2 Å². The van der Waals surface area contributed by atoms with Crippen molar-refractivity contribution in [2.45, 2.75) is 45.5 Å². The molecule has 0 radical (unpaired) electrons. The quantitative estimate of drug-likeness (QED) is 0.821. The van der Waals surface area contributed by atoms with Crippen molar-refractivity contribution in [1.29, 1.82) is 0 Å². The summed E-state index contributed by atoms with van der Waals surface area (Å²) in [5.41, 5.74) is 1.08. The Balaban J connectivity index is 1.59. The van der Waals surface area contributed by atoms with E-state index in [1.807, 2.05) is 0 Å². The molecule has 2 aromatic rings. The molecule has 1 saturated carbocycles. The van der Waals surface area contributed by atoms with Gasteiger partial charge in [-0.05, 0) is 37.3 Å². The Morgan fingerprint density at radius 2 is 2.04 bits per heavy atom. The van der Waals surface area contributed by atoms with Crippen molar-refractivity contribution >= 4 is 0 Å². The van der Waals surface area contributed by atoms with E-state index in [0.29, 0.717) is 23.5 Å². The summed E-state index contributed by atoms with van der Waals surface area (Å²) in [7, 11) is 0. The fraction of sp³-hybridized carbons (Fsp3) is 0.526. The van der Waals surface area contributed by atoms with Gasteiger partial charge in [-0.1, -0.05) is 6.07 Å². The van der Waals surface area contributed by atoms with Crippen LogP contribution in [0.3, 0.4) is 0 Å². The number of aryl methyl sites for hydroxylation is 1.